The number of hydrogen-bond acceptors (Lipinski definition) is 5. The Morgan fingerprint density at radius 1 is 1.23 bits per heavy atom. The van der Waals surface area contributed by atoms with Gasteiger partial charge in [0.1, 0.15) is 12.3 Å². The molecule has 35 heavy (non-hydrogen) atoms. The number of carbonyl (C=O) groups is 1. The summed E-state index contributed by atoms with van der Waals surface area (Å²) in [5.41, 5.74) is 6.77. The van der Waals surface area contributed by atoms with Crippen LogP contribution in [0.3, 0.4) is 0 Å². The van der Waals surface area contributed by atoms with Crippen LogP contribution in [-0.2, 0) is 30.7 Å². The van der Waals surface area contributed by atoms with Crippen LogP contribution in [0.15, 0.2) is 34.8 Å². The van der Waals surface area contributed by atoms with Crippen LogP contribution in [0.5, 0.6) is 5.75 Å². The molecule has 1 aliphatic heterocycles. The smallest absolute Gasteiger partial charge is 0.244 e. The molecule has 0 radical (unpaired) electrons. The van der Waals surface area contributed by atoms with Gasteiger partial charge in [-0.25, -0.2) is 0 Å². The normalized spacial score (nSPS) is 16.1. The molecular formula is C28H41N5O2. The number of anilines is 1. The van der Waals surface area contributed by atoms with Gasteiger partial charge in [0.05, 0.1) is 19.3 Å². The highest BCUT2D eigenvalue weighted by Gasteiger charge is 2.28. The molecule has 0 aliphatic carbocycles. The lowest BCUT2D eigenvalue weighted by Crippen LogP contribution is -2.54. The van der Waals surface area contributed by atoms with Gasteiger partial charge in [-0.15, -0.1) is 0 Å². The van der Waals surface area contributed by atoms with Crippen LogP contribution in [-0.4, -0.2) is 59.6 Å². The van der Waals surface area contributed by atoms with Crippen molar-refractivity contribution in [3.05, 3.63) is 52.4 Å². The maximum atomic E-state index is 13.3. The number of aromatic nitrogens is 2. The molecular weight excluding hydrogens is 438 g/mol. The Kier molecular flexibility index (Phi) is 9.13. The third-order valence-electron chi connectivity index (χ3n) is 6.77. The number of piperazine rings is 1. The molecule has 1 unspecified atom stereocenters. The molecule has 7 heteroatoms. The summed E-state index contributed by atoms with van der Waals surface area (Å²) >= 11 is 0. The van der Waals surface area contributed by atoms with Crippen molar-refractivity contribution in [1.29, 1.82) is 0 Å². The topological polar surface area (TPSA) is 63.0 Å². The average Bonchev–Trinajstić information content (AvgIpc) is 3.14. The average molecular weight is 480 g/mol. The largest absolute Gasteiger partial charge is 0.496 e. The van der Waals surface area contributed by atoms with E-state index in [0.717, 1.165) is 48.8 Å². The lowest BCUT2D eigenvalue weighted by molar-refractivity contribution is -0.134. The maximum absolute atomic E-state index is 13.3. The van der Waals surface area contributed by atoms with E-state index in [1.165, 1.54) is 16.7 Å². The van der Waals surface area contributed by atoms with Gasteiger partial charge in [0.2, 0.25) is 5.91 Å². The van der Waals surface area contributed by atoms with E-state index in [0.29, 0.717) is 13.1 Å². The molecule has 190 valence electrons. The zero-order chi connectivity index (χ0) is 25.5. The number of ether oxygens (including phenoxy) is 1. The molecule has 0 N–H and O–H groups in total. The molecule has 2 aromatic rings. The van der Waals surface area contributed by atoms with E-state index in [-0.39, 0.29) is 18.5 Å². The van der Waals surface area contributed by atoms with E-state index in [1.807, 2.05) is 35.7 Å². The second-order valence-corrected chi connectivity index (χ2v) is 9.49. The molecule has 0 saturated carbocycles. The number of methoxy groups -OCH3 is 1. The van der Waals surface area contributed by atoms with Gasteiger partial charge in [-0.3, -0.25) is 14.5 Å². The van der Waals surface area contributed by atoms with Crippen LogP contribution in [0.2, 0.25) is 0 Å². The fourth-order valence-electron chi connectivity index (χ4n) is 4.73. The molecule has 1 atom stereocenters. The first kappa shape index (κ1) is 26.5. The van der Waals surface area contributed by atoms with Crippen molar-refractivity contribution in [3.63, 3.8) is 0 Å². The number of hydrogen-bond donors (Lipinski definition) is 0. The number of amides is 1. The highest BCUT2D eigenvalue weighted by Crippen LogP contribution is 2.28. The Labute approximate surface area is 210 Å². The fourth-order valence-corrected chi connectivity index (χ4v) is 4.73. The van der Waals surface area contributed by atoms with Gasteiger partial charge in [0.15, 0.2) is 0 Å². The Balaban J connectivity index is 1.67. The van der Waals surface area contributed by atoms with Gasteiger partial charge in [-0.1, -0.05) is 25.5 Å². The fraction of sp³-hybridized carbons (Fsp3) is 0.536. The molecule has 7 nitrogen and oxygen atoms in total. The number of benzene rings is 1. The molecule has 2 heterocycles. The van der Waals surface area contributed by atoms with Crippen molar-refractivity contribution < 1.29 is 9.53 Å². The summed E-state index contributed by atoms with van der Waals surface area (Å²) in [6.07, 6.45) is 5.65. The van der Waals surface area contributed by atoms with Crippen LogP contribution in [0.4, 0.5) is 5.69 Å². The van der Waals surface area contributed by atoms with Gasteiger partial charge in [-0.05, 0) is 63.8 Å². The van der Waals surface area contributed by atoms with Crippen LogP contribution in [0.25, 0.3) is 0 Å². The zero-order valence-electron chi connectivity index (χ0n) is 22.5. The Morgan fingerprint density at radius 2 is 2.00 bits per heavy atom. The molecule has 1 saturated heterocycles. The third kappa shape index (κ3) is 6.32. The quantitative estimate of drug-likeness (QED) is 0.493. The Morgan fingerprint density at radius 3 is 2.63 bits per heavy atom. The van der Waals surface area contributed by atoms with Gasteiger partial charge < -0.3 is 14.5 Å². The van der Waals surface area contributed by atoms with Gasteiger partial charge >= 0.3 is 0 Å². The van der Waals surface area contributed by atoms with Gasteiger partial charge in [0.25, 0.3) is 0 Å². The first-order valence-corrected chi connectivity index (χ1v) is 12.7. The molecule has 0 bridgehead atoms. The van der Waals surface area contributed by atoms with Crippen molar-refractivity contribution >= 4 is 17.8 Å². The van der Waals surface area contributed by atoms with E-state index < -0.39 is 0 Å². The summed E-state index contributed by atoms with van der Waals surface area (Å²) in [6.45, 7) is 15.6. The molecule has 0 spiro atoms. The van der Waals surface area contributed by atoms with E-state index in [9.17, 15) is 4.79 Å². The minimum absolute atomic E-state index is 0.114. The number of allylic oxidation sites excluding steroid dienone is 2. The number of aliphatic imine (C=N–C) groups is 1. The van der Waals surface area contributed by atoms with Crippen molar-refractivity contribution in [2.45, 2.75) is 73.5 Å². The number of aryl methyl sites for hydroxylation is 1. The molecule has 1 aromatic heterocycles. The van der Waals surface area contributed by atoms with Crippen molar-refractivity contribution in [2.75, 3.05) is 31.6 Å². The minimum atomic E-state index is 0.114. The first-order chi connectivity index (χ1) is 16.8. The van der Waals surface area contributed by atoms with Crippen LogP contribution in [0, 0.1) is 6.92 Å². The summed E-state index contributed by atoms with van der Waals surface area (Å²) in [5.74, 6) is 1.04. The lowest BCUT2D eigenvalue weighted by Gasteiger charge is -2.41. The van der Waals surface area contributed by atoms with Crippen molar-refractivity contribution in [1.82, 2.24) is 14.7 Å². The minimum Gasteiger partial charge on any atom is -0.496 e. The molecule has 1 aromatic carbocycles. The summed E-state index contributed by atoms with van der Waals surface area (Å²) in [5, 5.41) is 4.77. The number of nitrogens with zero attached hydrogens (tertiary/aromatic N) is 5. The van der Waals surface area contributed by atoms with Crippen LogP contribution in [0.1, 0.15) is 57.1 Å². The van der Waals surface area contributed by atoms with Gasteiger partial charge in [0, 0.05) is 49.3 Å². The lowest BCUT2D eigenvalue weighted by atomic mass is 10.1. The van der Waals surface area contributed by atoms with E-state index in [4.69, 9.17) is 9.84 Å². The van der Waals surface area contributed by atoms with Crippen molar-refractivity contribution in [3.8, 4) is 5.75 Å². The number of carbonyl (C=O) groups excluding carboxylic acids is 1. The standard InChI is InChI=1S/C28H41N5O2/c1-8-23-10-11-24(16-27(23)35-7)31-14-15-32(21(5)18-31)28(34)19-33-22(6)25(9-2)26(30-33)17-29-13-12-20(3)4/h10-13,16,21H,8-9,14-15,17-19H2,1-7H3. The highest BCUT2D eigenvalue weighted by atomic mass is 16.5. The zero-order valence-corrected chi connectivity index (χ0v) is 22.5. The van der Waals surface area contributed by atoms with E-state index in [1.54, 1.807) is 7.11 Å². The summed E-state index contributed by atoms with van der Waals surface area (Å²) in [4.78, 5) is 22.1. The SMILES string of the molecule is CCc1ccc(N2CCN(C(=O)Cn3nc(CN=CC=C(C)C)c(CC)c3C)C(C)C2)cc1OC. The van der Waals surface area contributed by atoms with Crippen LogP contribution >= 0.6 is 0 Å². The third-order valence-corrected chi connectivity index (χ3v) is 6.77. The van der Waals surface area contributed by atoms with Gasteiger partial charge in [-0.2, -0.15) is 5.10 Å². The maximum Gasteiger partial charge on any atom is 0.244 e. The molecule has 1 aliphatic rings. The van der Waals surface area contributed by atoms with Crippen molar-refractivity contribution in [2.24, 2.45) is 4.99 Å². The number of rotatable bonds is 9. The predicted molar refractivity (Wildman–Crippen MR) is 144 cm³/mol. The Bertz CT molecular complexity index is 1080. The Hall–Kier alpha value is -3.09. The van der Waals surface area contributed by atoms with E-state index >= 15 is 0 Å². The van der Waals surface area contributed by atoms with E-state index in [2.05, 4.69) is 55.8 Å². The molecule has 3 rings (SSSR count). The molecule has 1 fully saturated rings. The summed E-state index contributed by atoms with van der Waals surface area (Å²) in [6, 6.07) is 6.53. The summed E-state index contributed by atoms with van der Waals surface area (Å²) in [7, 11) is 1.72. The highest BCUT2D eigenvalue weighted by molar-refractivity contribution is 5.77. The predicted octanol–water partition coefficient (Wildman–Crippen LogP) is 4.60. The van der Waals surface area contributed by atoms with Crippen LogP contribution < -0.4 is 9.64 Å². The molecule has 1 amide bonds. The first-order valence-electron chi connectivity index (χ1n) is 12.7. The second kappa shape index (κ2) is 12.0. The second-order valence-electron chi connectivity index (χ2n) is 9.49. The monoisotopic (exact) mass is 479 g/mol. The summed E-state index contributed by atoms with van der Waals surface area (Å²) < 4.78 is 7.44.